The van der Waals surface area contributed by atoms with Crippen LogP contribution < -0.4 is 5.32 Å². The number of ketones is 1. The van der Waals surface area contributed by atoms with E-state index in [1.807, 2.05) is 11.5 Å². The van der Waals surface area contributed by atoms with E-state index >= 15 is 0 Å². The van der Waals surface area contributed by atoms with Crippen LogP contribution in [0.1, 0.15) is 48.4 Å². The fraction of sp³-hybridized carbons (Fsp3) is 0.130. The number of nitriles is 1. The number of nitrogens with one attached hydrogen (secondary N) is 1. The van der Waals surface area contributed by atoms with E-state index in [9.17, 15) is 14.4 Å². The Morgan fingerprint density at radius 1 is 1.03 bits per heavy atom. The number of thioether (sulfide) groups is 1. The Morgan fingerprint density at radius 3 is 2.26 bits per heavy atom. The maximum absolute atomic E-state index is 12.7. The van der Waals surface area contributed by atoms with E-state index in [4.69, 9.17) is 10.00 Å². The number of carbonyl (C=O) groups is 3. The lowest BCUT2D eigenvalue weighted by Gasteiger charge is -2.06. The number of ether oxygens (including phenoxy) is 1. The summed E-state index contributed by atoms with van der Waals surface area (Å²) in [6.45, 7) is 3.65. The van der Waals surface area contributed by atoms with Crippen molar-refractivity contribution in [2.45, 2.75) is 18.7 Å². The van der Waals surface area contributed by atoms with Gasteiger partial charge < -0.3 is 10.1 Å². The molecular formula is C23H18N2O4S2. The SMILES string of the molecule is CCOC(=O)c1sc(NC(=O)c2ccc(C(=O)c3ccccc3)cc2)c(SC#N)c1C. The Morgan fingerprint density at radius 2 is 1.65 bits per heavy atom. The molecule has 31 heavy (non-hydrogen) atoms. The highest BCUT2D eigenvalue weighted by molar-refractivity contribution is 8.04. The van der Waals surface area contributed by atoms with Crippen molar-refractivity contribution in [1.82, 2.24) is 0 Å². The number of hydrogen-bond acceptors (Lipinski definition) is 7. The molecule has 1 aromatic heterocycles. The van der Waals surface area contributed by atoms with Gasteiger partial charge in [-0.05, 0) is 43.3 Å². The fourth-order valence-corrected chi connectivity index (χ4v) is 4.64. The van der Waals surface area contributed by atoms with Crippen LogP contribution >= 0.6 is 23.1 Å². The maximum Gasteiger partial charge on any atom is 0.348 e. The van der Waals surface area contributed by atoms with Crippen LogP contribution in [-0.4, -0.2) is 24.3 Å². The van der Waals surface area contributed by atoms with Crippen molar-refractivity contribution in [3.63, 3.8) is 0 Å². The van der Waals surface area contributed by atoms with Crippen LogP contribution in [0.4, 0.5) is 5.00 Å². The van der Waals surface area contributed by atoms with Gasteiger partial charge in [0, 0.05) is 16.7 Å². The molecule has 3 rings (SSSR count). The molecule has 0 bridgehead atoms. The Bertz CT molecular complexity index is 1160. The quantitative estimate of drug-likeness (QED) is 0.227. The lowest BCUT2D eigenvalue weighted by atomic mass is 10.0. The smallest absolute Gasteiger partial charge is 0.348 e. The first kappa shape index (κ1) is 22.3. The minimum Gasteiger partial charge on any atom is -0.462 e. The standard InChI is InChI=1S/C23H18N2O4S2/c1-3-29-23(28)20-14(2)19(30-13-24)22(31-20)25-21(27)17-11-9-16(10-12-17)18(26)15-7-5-4-6-8-15/h4-12H,3H2,1-2H3,(H,25,27). The third kappa shape index (κ3) is 5.02. The molecule has 0 radical (unpaired) electrons. The number of esters is 1. The number of nitrogens with zero attached hydrogens (tertiary/aromatic N) is 1. The van der Waals surface area contributed by atoms with Gasteiger partial charge in [0.15, 0.2) is 5.78 Å². The molecule has 0 unspecified atom stereocenters. The van der Waals surface area contributed by atoms with Crippen molar-refractivity contribution < 1.29 is 19.1 Å². The van der Waals surface area contributed by atoms with Crippen molar-refractivity contribution in [2.75, 3.05) is 11.9 Å². The molecule has 1 N–H and O–H groups in total. The lowest BCUT2D eigenvalue weighted by Crippen LogP contribution is -2.12. The predicted octanol–water partition coefficient (Wildman–Crippen LogP) is 5.29. The zero-order valence-corrected chi connectivity index (χ0v) is 18.4. The molecule has 0 spiro atoms. The van der Waals surface area contributed by atoms with Gasteiger partial charge in [0.05, 0.1) is 11.5 Å². The predicted molar refractivity (Wildman–Crippen MR) is 121 cm³/mol. The van der Waals surface area contributed by atoms with E-state index < -0.39 is 11.9 Å². The van der Waals surface area contributed by atoms with E-state index in [-0.39, 0.29) is 12.4 Å². The molecule has 8 heteroatoms. The van der Waals surface area contributed by atoms with E-state index in [0.29, 0.717) is 37.0 Å². The number of hydrogen-bond donors (Lipinski definition) is 1. The molecule has 0 saturated carbocycles. The average molecular weight is 451 g/mol. The van der Waals surface area contributed by atoms with Gasteiger partial charge in [0.1, 0.15) is 15.3 Å². The van der Waals surface area contributed by atoms with Crippen LogP contribution in [0.15, 0.2) is 59.5 Å². The van der Waals surface area contributed by atoms with Gasteiger partial charge in [0.25, 0.3) is 5.91 Å². The maximum atomic E-state index is 12.7. The first-order valence-electron chi connectivity index (χ1n) is 9.33. The van der Waals surface area contributed by atoms with Crippen molar-refractivity contribution in [3.8, 4) is 5.40 Å². The number of benzene rings is 2. The molecule has 0 saturated heterocycles. The minimum absolute atomic E-state index is 0.131. The van der Waals surface area contributed by atoms with E-state index in [0.717, 1.165) is 23.1 Å². The summed E-state index contributed by atoms with van der Waals surface area (Å²) < 4.78 is 5.05. The summed E-state index contributed by atoms with van der Waals surface area (Å²) in [6, 6.07) is 15.2. The Hall–Kier alpha value is -3.41. The van der Waals surface area contributed by atoms with Gasteiger partial charge in [-0.1, -0.05) is 42.5 Å². The molecule has 3 aromatic rings. The van der Waals surface area contributed by atoms with Gasteiger partial charge in [-0.3, -0.25) is 9.59 Å². The second-order valence-corrected chi connectivity index (χ2v) is 8.17. The second kappa shape index (κ2) is 10.1. The molecule has 1 amide bonds. The van der Waals surface area contributed by atoms with Crippen LogP contribution in [0.5, 0.6) is 0 Å². The van der Waals surface area contributed by atoms with Crippen LogP contribution in [0.2, 0.25) is 0 Å². The highest BCUT2D eigenvalue weighted by Gasteiger charge is 2.23. The third-order valence-corrected chi connectivity index (χ3v) is 6.49. The highest BCUT2D eigenvalue weighted by Crippen LogP contribution is 2.40. The molecule has 156 valence electrons. The number of thiophene rings is 1. The molecule has 0 atom stereocenters. The van der Waals surface area contributed by atoms with Crippen molar-refractivity contribution in [2.24, 2.45) is 0 Å². The molecule has 2 aromatic carbocycles. The van der Waals surface area contributed by atoms with Crippen LogP contribution in [0.3, 0.4) is 0 Å². The van der Waals surface area contributed by atoms with Crippen LogP contribution in [0.25, 0.3) is 0 Å². The van der Waals surface area contributed by atoms with Gasteiger partial charge in [0.2, 0.25) is 0 Å². The van der Waals surface area contributed by atoms with E-state index in [1.54, 1.807) is 62.4 Å². The zero-order chi connectivity index (χ0) is 22.4. The molecular weight excluding hydrogens is 432 g/mol. The monoisotopic (exact) mass is 450 g/mol. The Labute approximate surface area is 187 Å². The summed E-state index contributed by atoms with van der Waals surface area (Å²) in [4.78, 5) is 38.3. The number of rotatable bonds is 7. The molecule has 0 aliphatic rings. The molecule has 6 nitrogen and oxygen atoms in total. The number of carbonyl (C=O) groups excluding carboxylic acids is 3. The van der Waals surface area contributed by atoms with Crippen molar-refractivity contribution in [1.29, 1.82) is 5.26 Å². The largest absolute Gasteiger partial charge is 0.462 e. The normalized spacial score (nSPS) is 10.2. The lowest BCUT2D eigenvalue weighted by molar-refractivity contribution is 0.0531. The van der Waals surface area contributed by atoms with Crippen LogP contribution in [-0.2, 0) is 4.74 Å². The van der Waals surface area contributed by atoms with Crippen molar-refractivity contribution in [3.05, 3.63) is 81.7 Å². The second-order valence-electron chi connectivity index (χ2n) is 6.35. The third-order valence-electron chi connectivity index (χ3n) is 4.37. The summed E-state index contributed by atoms with van der Waals surface area (Å²) >= 11 is 1.94. The first-order chi connectivity index (χ1) is 15.0. The molecule has 1 heterocycles. The fourth-order valence-electron chi connectivity index (χ4n) is 2.85. The summed E-state index contributed by atoms with van der Waals surface area (Å²) in [6.07, 6.45) is 0. The Kier molecular flexibility index (Phi) is 7.23. The first-order valence-corrected chi connectivity index (χ1v) is 11.0. The van der Waals surface area contributed by atoms with Gasteiger partial charge in [-0.2, -0.15) is 5.26 Å². The number of thiocyanates is 1. The summed E-state index contributed by atoms with van der Waals surface area (Å²) in [5.74, 6) is -1.03. The molecule has 0 aliphatic heterocycles. The number of amides is 1. The van der Waals surface area contributed by atoms with E-state index in [1.165, 1.54) is 0 Å². The van der Waals surface area contributed by atoms with Crippen LogP contribution in [0, 0.1) is 17.6 Å². The summed E-state index contributed by atoms with van der Waals surface area (Å²) in [5.41, 5.74) is 1.98. The average Bonchev–Trinajstić information content (AvgIpc) is 3.09. The van der Waals surface area contributed by atoms with E-state index in [2.05, 4.69) is 5.32 Å². The minimum atomic E-state index is -0.492. The topological polar surface area (TPSA) is 96.3 Å². The van der Waals surface area contributed by atoms with Crippen molar-refractivity contribution >= 4 is 45.8 Å². The van der Waals surface area contributed by atoms with Gasteiger partial charge in [-0.15, -0.1) is 11.3 Å². The summed E-state index contributed by atoms with van der Waals surface area (Å²) in [5, 5.41) is 14.3. The number of anilines is 1. The van der Waals surface area contributed by atoms with Gasteiger partial charge >= 0.3 is 5.97 Å². The highest BCUT2D eigenvalue weighted by atomic mass is 32.2. The zero-order valence-electron chi connectivity index (χ0n) is 16.8. The summed E-state index contributed by atoms with van der Waals surface area (Å²) in [7, 11) is 0. The molecule has 0 aliphatic carbocycles. The molecule has 0 fully saturated rings. The van der Waals surface area contributed by atoms with Gasteiger partial charge in [-0.25, -0.2) is 4.79 Å². The Balaban J connectivity index is 1.81.